The number of halogens is 2. The molecule has 2 amide bonds. The van der Waals surface area contributed by atoms with Crippen LogP contribution in [0.4, 0.5) is 4.39 Å². The number of nitrogens with one attached hydrogen (secondary N) is 1. The maximum Gasteiger partial charge on any atom is 0.242 e. The predicted octanol–water partition coefficient (Wildman–Crippen LogP) is 5.35. The van der Waals surface area contributed by atoms with Crippen LogP contribution < -0.4 is 5.32 Å². The van der Waals surface area contributed by atoms with E-state index in [0.29, 0.717) is 22.8 Å². The van der Waals surface area contributed by atoms with Crippen LogP contribution >= 0.6 is 23.4 Å². The normalized spacial score (nSPS) is 11.6. The zero-order valence-electron chi connectivity index (χ0n) is 18.3. The lowest BCUT2D eigenvalue weighted by Crippen LogP contribution is -2.49. The van der Waals surface area contributed by atoms with E-state index in [-0.39, 0.29) is 24.8 Å². The average Bonchev–Trinajstić information content (AvgIpc) is 2.83. The summed E-state index contributed by atoms with van der Waals surface area (Å²) in [5.74, 6) is -0.362. The molecule has 0 heterocycles. The number of benzene rings is 3. The highest BCUT2D eigenvalue weighted by Crippen LogP contribution is 2.23. The molecule has 3 aromatic carbocycles. The Balaban J connectivity index is 1.81. The highest BCUT2D eigenvalue weighted by Gasteiger charge is 2.30. The Morgan fingerprint density at radius 1 is 1.00 bits per heavy atom. The third kappa shape index (κ3) is 7.34. The van der Waals surface area contributed by atoms with Crippen LogP contribution in [0.3, 0.4) is 0 Å². The van der Waals surface area contributed by atoms with Gasteiger partial charge in [-0.15, -0.1) is 11.8 Å². The Morgan fingerprint density at radius 3 is 2.33 bits per heavy atom. The quantitative estimate of drug-likeness (QED) is 0.395. The molecule has 4 nitrogen and oxygen atoms in total. The SMILES string of the molecule is CNC(=O)[C@H](Cc1ccccc1)N(Cc1ccccc1F)C(=O)CCSc1ccc(Cl)cc1. The Morgan fingerprint density at radius 2 is 1.67 bits per heavy atom. The lowest BCUT2D eigenvalue weighted by molar-refractivity contribution is -0.140. The van der Waals surface area contributed by atoms with Gasteiger partial charge in [-0.25, -0.2) is 4.39 Å². The molecule has 0 unspecified atom stereocenters. The Hall–Kier alpha value is -2.83. The third-order valence-corrected chi connectivity index (χ3v) is 6.48. The summed E-state index contributed by atoms with van der Waals surface area (Å²) in [6, 6.07) is 22.5. The van der Waals surface area contributed by atoms with Crippen molar-refractivity contribution >= 4 is 35.2 Å². The Labute approximate surface area is 203 Å². The largest absolute Gasteiger partial charge is 0.357 e. The second-order valence-electron chi connectivity index (χ2n) is 7.49. The maximum atomic E-state index is 14.4. The van der Waals surface area contributed by atoms with Crippen molar-refractivity contribution in [1.82, 2.24) is 10.2 Å². The molecule has 1 N–H and O–H groups in total. The van der Waals surface area contributed by atoms with Crippen LogP contribution in [0.2, 0.25) is 5.02 Å². The van der Waals surface area contributed by atoms with Gasteiger partial charge in [0.2, 0.25) is 11.8 Å². The first-order valence-corrected chi connectivity index (χ1v) is 12.0. The number of carbonyl (C=O) groups excluding carboxylic acids is 2. The molecule has 0 saturated carbocycles. The summed E-state index contributed by atoms with van der Waals surface area (Å²) in [6.07, 6.45) is 0.551. The molecule has 0 aliphatic rings. The van der Waals surface area contributed by atoms with Crippen LogP contribution in [0, 0.1) is 5.82 Å². The van der Waals surface area contributed by atoms with Crippen LogP contribution in [0.1, 0.15) is 17.5 Å². The minimum Gasteiger partial charge on any atom is -0.357 e. The zero-order valence-corrected chi connectivity index (χ0v) is 19.9. The summed E-state index contributed by atoms with van der Waals surface area (Å²) in [5, 5.41) is 3.32. The van der Waals surface area contributed by atoms with E-state index in [1.807, 2.05) is 42.5 Å². The second-order valence-corrected chi connectivity index (χ2v) is 9.09. The van der Waals surface area contributed by atoms with Gasteiger partial charge in [0, 0.05) is 47.7 Å². The van der Waals surface area contributed by atoms with Gasteiger partial charge in [0.05, 0.1) is 0 Å². The minimum atomic E-state index is -0.759. The van der Waals surface area contributed by atoms with Gasteiger partial charge in [0.25, 0.3) is 0 Å². The Kier molecular flexibility index (Phi) is 9.34. The Bertz CT molecular complexity index is 1060. The molecule has 33 heavy (non-hydrogen) atoms. The van der Waals surface area contributed by atoms with Gasteiger partial charge in [-0.05, 0) is 35.9 Å². The van der Waals surface area contributed by atoms with Crippen LogP contribution in [-0.2, 0) is 22.6 Å². The number of hydrogen-bond donors (Lipinski definition) is 1. The van der Waals surface area contributed by atoms with Crippen molar-refractivity contribution < 1.29 is 14.0 Å². The number of hydrogen-bond acceptors (Lipinski definition) is 3. The van der Waals surface area contributed by atoms with Crippen LogP contribution in [-0.4, -0.2) is 35.6 Å². The van der Waals surface area contributed by atoms with Gasteiger partial charge in [-0.1, -0.05) is 60.1 Å². The molecule has 7 heteroatoms. The topological polar surface area (TPSA) is 49.4 Å². The molecule has 0 fully saturated rings. The van der Waals surface area contributed by atoms with E-state index in [4.69, 9.17) is 11.6 Å². The molecule has 0 bridgehead atoms. The summed E-state index contributed by atoms with van der Waals surface area (Å²) in [6.45, 7) is 0.0159. The standard InChI is InChI=1S/C26H26ClFN2O2S/c1-29-26(32)24(17-19-7-3-2-4-8-19)30(18-20-9-5-6-10-23(20)28)25(31)15-16-33-22-13-11-21(27)12-14-22/h2-14,24H,15-18H2,1H3,(H,29,32)/t24-/m0/s1. The smallest absolute Gasteiger partial charge is 0.242 e. The van der Waals surface area contributed by atoms with E-state index >= 15 is 0 Å². The first-order valence-electron chi connectivity index (χ1n) is 10.6. The molecule has 172 valence electrons. The highest BCUT2D eigenvalue weighted by molar-refractivity contribution is 7.99. The molecule has 3 rings (SSSR count). The van der Waals surface area contributed by atoms with Crippen molar-refractivity contribution in [2.75, 3.05) is 12.8 Å². The number of likely N-dealkylation sites (N-methyl/N-ethyl adjacent to an activating group) is 1. The lowest BCUT2D eigenvalue weighted by Gasteiger charge is -2.31. The average molecular weight is 485 g/mol. The number of amides is 2. The summed E-state index contributed by atoms with van der Waals surface area (Å²) < 4.78 is 14.4. The fraction of sp³-hybridized carbons (Fsp3) is 0.231. The van der Waals surface area contributed by atoms with Gasteiger partial charge in [-0.2, -0.15) is 0 Å². The van der Waals surface area contributed by atoms with Crippen LogP contribution in [0.25, 0.3) is 0 Å². The molecular weight excluding hydrogens is 459 g/mol. The molecule has 0 aromatic heterocycles. The summed E-state index contributed by atoms with van der Waals surface area (Å²) in [5.41, 5.74) is 1.30. The van der Waals surface area contributed by atoms with E-state index in [2.05, 4.69) is 5.32 Å². The fourth-order valence-corrected chi connectivity index (χ4v) is 4.43. The molecule has 0 saturated heterocycles. The highest BCUT2D eigenvalue weighted by atomic mass is 35.5. The number of carbonyl (C=O) groups is 2. The monoisotopic (exact) mass is 484 g/mol. The molecule has 0 aliphatic carbocycles. The lowest BCUT2D eigenvalue weighted by atomic mass is 10.0. The molecule has 0 spiro atoms. The van der Waals surface area contributed by atoms with E-state index < -0.39 is 11.9 Å². The van der Waals surface area contributed by atoms with Gasteiger partial charge in [-0.3, -0.25) is 9.59 Å². The number of thioether (sulfide) groups is 1. The third-order valence-electron chi connectivity index (χ3n) is 5.21. The van der Waals surface area contributed by atoms with E-state index in [1.165, 1.54) is 22.7 Å². The van der Waals surface area contributed by atoms with Gasteiger partial charge in [0.1, 0.15) is 11.9 Å². The van der Waals surface area contributed by atoms with Crippen LogP contribution in [0.5, 0.6) is 0 Å². The van der Waals surface area contributed by atoms with Gasteiger partial charge in [0.15, 0.2) is 0 Å². The second kappa shape index (κ2) is 12.4. The van der Waals surface area contributed by atoms with Crippen molar-refractivity contribution in [2.24, 2.45) is 0 Å². The molecule has 0 radical (unpaired) electrons. The first kappa shape index (κ1) is 24.8. The minimum absolute atomic E-state index is 0.0159. The van der Waals surface area contributed by atoms with Crippen molar-refractivity contribution in [3.8, 4) is 0 Å². The fourth-order valence-electron chi connectivity index (χ4n) is 3.46. The van der Waals surface area contributed by atoms with Crippen molar-refractivity contribution in [3.05, 3.63) is 101 Å². The van der Waals surface area contributed by atoms with Gasteiger partial charge >= 0.3 is 0 Å². The first-order chi connectivity index (χ1) is 16.0. The van der Waals surface area contributed by atoms with Crippen molar-refractivity contribution in [1.29, 1.82) is 0 Å². The van der Waals surface area contributed by atoms with E-state index in [1.54, 1.807) is 37.4 Å². The van der Waals surface area contributed by atoms with Crippen LogP contribution in [0.15, 0.2) is 83.8 Å². The molecule has 0 aliphatic heterocycles. The van der Waals surface area contributed by atoms with E-state index in [9.17, 15) is 14.0 Å². The summed E-state index contributed by atoms with van der Waals surface area (Å²) >= 11 is 7.47. The molecular formula is C26H26ClFN2O2S. The molecule has 1 atom stereocenters. The summed E-state index contributed by atoms with van der Waals surface area (Å²) in [4.78, 5) is 28.7. The van der Waals surface area contributed by atoms with Gasteiger partial charge < -0.3 is 10.2 Å². The maximum absolute atomic E-state index is 14.4. The summed E-state index contributed by atoms with van der Waals surface area (Å²) in [7, 11) is 1.54. The van der Waals surface area contributed by atoms with E-state index in [0.717, 1.165) is 10.5 Å². The zero-order chi connectivity index (χ0) is 23.6. The number of rotatable bonds is 10. The number of nitrogens with zero attached hydrogens (tertiary/aromatic N) is 1. The van der Waals surface area contributed by atoms with Crippen molar-refractivity contribution in [3.63, 3.8) is 0 Å². The molecule has 3 aromatic rings. The predicted molar refractivity (Wildman–Crippen MR) is 132 cm³/mol. The van der Waals surface area contributed by atoms with Crippen molar-refractivity contribution in [2.45, 2.75) is 30.3 Å².